The van der Waals surface area contributed by atoms with Gasteiger partial charge in [0, 0.05) is 0 Å². The molecule has 0 saturated carbocycles. The van der Waals surface area contributed by atoms with E-state index in [1.807, 2.05) is 12.1 Å². The molecule has 2 aliphatic rings. The lowest BCUT2D eigenvalue weighted by Gasteiger charge is -2.04. The smallest absolute Gasteiger partial charge is 0.282 e. The standard InChI is InChI=1S/2C12H16N2O/c2*13-12-14-11(9-15-12)8-4-7-10-5-2-1-3-6-10/h2*1-3,5-6,11H,4,7-9H2,(H2,13,14)/t2*11-/m10/s1. The zero-order valence-electron chi connectivity index (χ0n) is 17.5. The van der Waals surface area contributed by atoms with Gasteiger partial charge in [-0.1, -0.05) is 60.7 Å². The molecule has 0 saturated heterocycles. The van der Waals surface area contributed by atoms with Gasteiger partial charge < -0.3 is 20.9 Å². The third kappa shape index (κ3) is 7.78. The van der Waals surface area contributed by atoms with Gasteiger partial charge in [-0.05, 0) is 49.7 Å². The summed E-state index contributed by atoms with van der Waals surface area (Å²) in [6, 6.07) is 22.2. The minimum atomic E-state index is 0.272. The summed E-state index contributed by atoms with van der Waals surface area (Å²) in [5, 5.41) is 0. The maximum atomic E-state index is 5.44. The Morgan fingerprint density at radius 2 is 1.07 bits per heavy atom. The summed E-state index contributed by atoms with van der Waals surface area (Å²) in [4.78, 5) is 8.38. The normalized spacial score (nSPS) is 19.7. The number of nitrogens with two attached hydrogens (primary N) is 2. The fraction of sp³-hybridized carbons (Fsp3) is 0.417. The van der Waals surface area contributed by atoms with E-state index in [-0.39, 0.29) is 12.1 Å². The van der Waals surface area contributed by atoms with Gasteiger partial charge in [-0.25, -0.2) is 9.98 Å². The molecule has 4 rings (SSSR count). The largest absolute Gasteiger partial charge is 0.463 e. The van der Waals surface area contributed by atoms with Crippen LogP contribution in [0.3, 0.4) is 0 Å². The molecule has 2 aromatic carbocycles. The highest BCUT2D eigenvalue weighted by molar-refractivity contribution is 5.73. The molecule has 30 heavy (non-hydrogen) atoms. The van der Waals surface area contributed by atoms with Gasteiger partial charge >= 0.3 is 0 Å². The van der Waals surface area contributed by atoms with Gasteiger partial charge in [0.15, 0.2) is 0 Å². The molecule has 0 radical (unpaired) electrons. The lowest BCUT2D eigenvalue weighted by molar-refractivity contribution is 0.306. The van der Waals surface area contributed by atoms with Crippen LogP contribution in [0.25, 0.3) is 0 Å². The Balaban J connectivity index is 0.000000171. The highest BCUT2D eigenvalue weighted by atomic mass is 16.5. The monoisotopic (exact) mass is 408 g/mol. The van der Waals surface area contributed by atoms with Crippen LogP contribution in [0.15, 0.2) is 70.6 Å². The van der Waals surface area contributed by atoms with Gasteiger partial charge in [-0.2, -0.15) is 0 Å². The van der Waals surface area contributed by atoms with Crippen LogP contribution in [0.4, 0.5) is 0 Å². The van der Waals surface area contributed by atoms with Crippen molar-refractivity contribution in [2.75, 3.05) is 13.2 Å². The van der Waals surface area contributed by atoms with Crippen LogP contribution in [0.1, 0.15) is 36.8 Å². The number of hydrogen-bond acceptors (Lipinski definition) is 6. The van der Waals surface area contributed by atoms with Crippen molar-refractivity contribution in [3.05, 3.63) is 71.8 Å². The molecule has 0 spiro atoms. The van der Waals surface area contributed by atoms with Crippen LogP contribution in [-0.4, -0.2) is 37.3 Å². The number of benzene rings is 2. The van der Waals surface area contributed by atoms with Gasteiger partial charge in [0.25, 0.3) is 12.0 Å². The third-order valence-electron chi connectivity index (χ3n) is 5.16. The lowest BCUT2D eigenvalue weighted by atomic mass is 10.1. The summed E-state index contributed by atoms with van der Waals surface area (Å²) < 4.78 is 10.2. The zero-order valence-corrected chi connectivity index (χ0v) is 17.5. The van der Waals surface area contributed by atoms with Gasteiger partial charge in [0.1, 0.15) is 13.2 Å². The molecule has 2 atom stereocenters. The van der Waals surface area contributed by atoms with Crippen LogP contribution in [0, 0.1) is 0 Å². The summed E-state index contributed by atoms with van der Waals surface area (Å²) >= 11 is 0. The van der Waals surface area contributed by atoms with E-state index in [2.05, 4.69) is 58.5 Å². The fourth-order valence-electron chi connectivity index (χ4n) is 3.54. The molecule has 160 valence electrons. The van der Waals surface area contributed by atoms with Gasteiger partial charge in [0.2, 0.25) is 0 Å². The van der Waals surface area contributed by atoms with Crippen molar-refractivity contribution >= 4 is 12.0 Å². The first-order valence-corrected chi connectivity index (χ1v) is 10.7. The number of aliphatic imine (C=N–C) groups is 2. The number of amidine groups is 2. The van der Waals surface area contributed by atoms with Crippen LogP contribution < -0.4 is 11.5 Å². The number of nitrogens with zero attached hydrogens (tertiary/aromatic N) is 2. The highest BCUT2D eigenvalue weighted by Crippen LogP contribution is 2.13. The topological polar surface area (TPSA) is 95.2 Å². The highest BCUT2D eigenvalue weighted by Gasteiger charge is 2.16. The van der Waals surface area contributed by atoms with Crippen LogP contribution >= 0.6 is 0 Å². The Labute approximate surface area is 179 Å². The summed E-state index contributed by atoms with van der Waals surface area (Å²) in [7, 11) is 0. The second-order valence-electron chi connectivity index (χ2n) is 7.62. The Hall–Kier alpha value is -3.02. The summed E-state index contributed by atoms with van der Waals surface area (Å²) in [5.41, 5.74) is 13.6. The van der Waals surface area contributed by atoms with Crippen molar-refractivity contribution in [2.24, 2.45) is 21.5 Å². The van der Waals surface area contributed by atoms with E-state index in [0.29, 0.717) is 25.3 Å². The van der Waals surface area contributed by atoms with Gasteiger partial charge in [-0.15, -0.1) is 0 Å². The van der Waals surface area contributed by atoms with Crippen molar-refractivity contribution in [1.29, 1.82) is 0 Å². The second-order valence-corrected chi connectivity index (χ2v) is 7.62. The molecule has 0 amide bonds. The quantitative estimate of drug-likeness (QED) is 0.699. The van der Waals surface area contributed by atoms with Crippen LogP contribution in [-0.2, 0) is 22.3 Å². The average Bonchev–Trinajstić information content (AvgIpc) is 3.38. The Morgan fingerprint density at radius 3 is 1.40 bits per heavy atom. The molecule has 6 heteroatoms. The van der Waals surface area contributed by atoms with E-state index in [9.17, 15) is 0 Å². The van der Waals surface area contributed by atoms with E-state index in [1.54, 1.807) is 0 Å². The minimum Gasteiger partial charge on any atom is -0.463 e. The van der Waals surface area contributed by atoms with E-state index in [0.717, 1.165) is 38.5 Å². The van der Waals surface area contributed by atoms with Crippen LogP contribution in [0.5, 0.6) is 0 Å². The molecular weight excluding hydrogens is 376 g/mol. The fourth-order valence-corrected chi connectivity index (χ4v) is 3.54. The molecular formula is C24H32N4O2. The Morgan fingerprint density at radius 1 is 0.667 bits per heavy atom. The first-order valence-electron chi connectivity index (χ1n) is 10.7. The molecule has 0 fully saturated rings. The molecule has 0 aromatic heterocycles. The van der Waals surface area contributed by atoms with Crippen molar-refractivity contribution in [3.8, 4) is 0 Å². The molecule has 2 aromatic rings. The predicted octanol–water partition coefficient (Wildman–Crippen LogP) is 3.45. The van der Waals surface area contributed by atoms with Crippen molar-refractivity contribution in [1.82, 2.24) is 0 Å². The van der Waals surface area contributed by atoms with E-state index < -0.39 is 0 Å². The summed E-state index contributed by atoms with van der Waals surface area (Å²) in [6.45, 7) is 1.31. The van der Waals surface area contributed by atoms with Crippen LogP contribution in [0.2, 0.25) is 0 Å². The molecule has 0 aliphatic carbocycles. The Kier molecular flexibility index (Phi) is 8.57. The maximum Gasteiger partial charge on any atom is 0.282 e. The predicted molar refractivity (Wildman–Crippen MR) is 121 cm³/mol. The number of rotatable bonds is 8. The summed E-state index contributed by atoms with van der Waals surface area (Å²) in [6.07, 6.45) is 6.58. The molecule has 2 heterocycles. The van der Waals surface area contributed by atoms with Gasteiger partial charge in [-0.3, -0.25) is 0 Å². The first kappa shape index (κ1) is 21.7. The first-order chi connectivity index (χ1) is 14.7. The minimum absolute atomic E-state index is 0.272. The molecule has 2 aliphatic heterocycles. The van der Waals surface area contributed by atoms with E-state index in [4.69, 9.17) is 20.9 Å². The second kappa shape index (κ2) is 11.9. The van der Waals surface area contributed by atoms with Gasteiger partial charge in [0.05, 0.1) is 12.1 Å². The van der Waals surface area contributed by atoms with Crippen molar-refractivity contribution in [3.63, 3.8) is 0 Å². The molecule has 4 N–H and O–H groups in total. The summed E-state index contributed by atoms with van der Waals surface area (Å²) in [5.74, 6) is 0. The average molecular weight is 409 g/mol. The molecule has 0 unspecified atom stereocenters. The lowest BCUT2D eigenvalue weighted by Crippen LogP contribution is -2.10. The molecule has 0 bridgehead atoms. The van der Waals surface area contributed by atoms with Crippen molar-refractivity contribution < 1.29 is 9.47 Å². The SMILES string of the molecule is NC1=N[C@@H](CCCc2ccccc2)CO1.NC1=N[C@H](CCCc2ccccc2)CO1. The van der Waals surface area contributed by atoms with E-state index >= 15 is 0 Å². The zero-order chi connectivity index (χ0) is 21.0. The van der Waals surface area contributed by atoms with Crippen molar-refractivity contribution in [2.45, 2.75) is 50.6 Å². The third-order valence-corrected chi connectivity index (χ3v) is 5.16. The Bertz CT molecular complexity index is 739. The number of aryl methyl sites for hydroxylation is 2. The van der Waals surface area contributed by atoms with E-state index in [1.165, 1.54) is 11.1 Å². The molecule has 6 nitrogen and oxygen atoms in total. The number of hydrogen-bond donors (Lipinski definition) is 2. The number of ether oxygens (including phenoxy) is 2. The maximum absolute atomic E-state index is 5.44.